The fourth-order valence-corrected chi connectivity index (χ4v) is 3.19. The van der Waals surface area contributed by atoms with E-state index >= 15 is 0 Å². The summed E-state index contributed by atoms with van der Waals surface area (Å²) in [6, 6.07) is 7.58. The van der Waals surface area contributed by atoms with Gasteiger partial charge in [0.1, 0.15) is 11.4 Å². The Balaban J connectivity index is 2.11. The van der Waals surface area contributed by atoms with Crippen LogP contribution in [0, 0.1) is 5.92 Å². The molecule has 1 aliphatic rings. The Morgan fingerprint density at radius 3 is 2.90 bits per heavy atom. The maximum atomic E-state index is 12.5. The Morgan fingerprint density at radius 2 is 2.10 bits per heavy atom. The van der Waals surface area contributed by atoms with Crippen molar-refractivity contribution < 1.29 is 4.42 Å². The molecule has 4 rings (SSSR count). The van der Waals surface area contributed by atoms with Gasteiger partial charge in [-0.15, -0.1) is 0 Å². The van der Waals surface area contributed by atoms with E-state index in [1.807, 2.05) is 24.3 Å². The molecule has 0 unspecified atom stereocenters. The Hall–Kier alpha value is -2.56. The standard InChI is InChI=1S/C16H15N3O2/c1-8(2)12-10-7-17-19-15(10)18-14-9-5-3-4-6-11(9)21-16(20)13(12)14/h3-8,12H,1-2H3,(H2,17,18,19)/t12-/m0/s1. The van der Waals surface area contributed by atoms with Crippen molar-refractivity contribution in [2.75, 3.05) is 5.32 Å². The van der Waals surface area contributed by atoms with E-state index in [9.17, 15) is 4.79 Å². The summed E-state index contributed by atoms with van der Waals surface area (Å²) in [5.74, 6) is 1.11. The molecule has 3 heterocycles. The molecule has 1 aliphatic heterocycles. The van der Waals surface area contributed by atoms with Crippen molar-refractivity contribution in [3.8, 4) is 0 Å². The summed E-state index contributed by atoms with van der Waals surface area (Å²) in [6.45, 7) is 4.20. The number of H-pyrrole nitrogens is 1. The van der Waals surface area contributed by atoms with Crippen molar-refractivity contribution in [1.82, 2.24) is 10.2 Å². The average molecular weight is 281 g/mol. The molecule has 1 atom stereocenters. The number of anilines is 2. The van der Waals surface area contributed by atoms with Crippen molar-refractivity contribution in [1.29, 1.82) is 0 Å². The molecule has 5 heteroatoms. The molecule has 5 nitrogen and oxygen atoms in total. The van der Waals surface area contributed by atoms with E-state index in [0.29, 0.717) is 11.1 Å². The molecule has 0 amide bonds. The lowest BCUT2D eigenvalue weighted by molar-refractivity contribution is 0.506. The quantitative estimate of drug-likeness (QED) is 0.671. The van der Waals surface area contributed by atoms with Gasteiger partial charge in [0, 0.05) is 16.9 Å². The average Bonchev–Trinajstić information content (AvgIpc) is 2.93. The Morgan fingerprint density at radius 1 is 1.29 bits per heavy atom. The van der Waals surface area contributed by atoms with Crippen LogP contribution in [0.1, 0.15) is 30.9 Å². The summed E-state index contributed by atoms with van der Waals surface area (Å²) in [7, 11) is 0. The third-order valence-electron chi connectivity index (χ3n) is 4.08. The van der Waals surface area contributed by atoms with Gasteiger partial charge in [-0.3, -0.25) is 5.10 Å². The number of hydrogen-bond acceptors (Lipinski definition) is 4. The largest absolute Gasteiger partial charge is 0.422 e. The molecule has 0 spiro atoms. The van der Waals surface area contributed by atoms with Gasteiger partial charge in [-0.25, -0.2) is 4.79 Å². The number of fused-ring (bicyclic) bond motifs is 4. The van der Waals surface area contributed by atoms with Crippen molar-refractivity contribution in [2.24, 2.45) is 5.92 Å². The molecule has 21 heavy (non-hydrogen) atoms. The van der Waals surface area contributed by atoms with E-state index < -0.39 is 0 Å². The molecule has 1 aromatic carbocycles. The number of aromatic nitrogens is 2. The minimum atomic E-state index is -0.276. The fraction of sp³-hybridized carbons (Fsp3) is 0.250. The summed E-state index contributed by atoms with van der Waals surface area (Å²) < 4.78 is 5.51. The van der Waals surface area contributed by atoms with Crippen molar-refractivity contribution in [3.05, 3.63) is 52.0 Å². The van der Waals surface area contributed by atoms with Crippen LogP contribution in [-0.4, -0.2) is 10.2 Å². The van der Waals surface area contributed by atoms with Crippen molar-refractivity contribution >= 4 is 22.5 Å². The number of nitrogens with one attached hydrogen (secondary N) is 2. The van der Waals surface area contributed by atoms with Gasteiger partial charge in [-0.2, -0.15) is 5.10 Å². The van der Waals surface area contributed by atoms with Crippen molar-refractivity contribution in [2.45, 2.75) is 19.8 Å². The van der Waals surface area contributed by atoms with E-state index in [1.165, 1.54) is 0 Å². The van der Waals surface area contributed by atoms with Gasteiger partial charge in [0.15, 0.2) is 0 Å². The SMILES string of the molecule is CC(C)[C@H]1c2cn[nH]c2Nc2c1c(=O)oc1ccccc21. The zero-order chi connectivity index (χ0) is 14.6. The minimum absolute atomic E-state index is 0.0177. The van der Waals surface area contributed by atoms with E-state index in [2.05, 4.69) is 29.4 Å². The highest BCUT2D eigenvalue weighted by atomic mass is 16.4. The molecule has 106 valence electrons. The highest BCUT2D eigenvalue weighted by Crippen LogP contribution is 2.44. The number of nitrogens with zero attached hydrogens (tertiary/aromatic N) is 1. The molecule has 0 bridgehead atoms. The summed E-state index contributed by atoms with van der Waals surface area (Å²) in [5, 5.41) is 11.3. The molecular formula is C16H15N3O2. The fourth-order valence-electron chi connectivity index (χ4n) is 3.19. The molecule has 0 saturated heterocycles. The summed E-state index contributed by atoms with van der Waals surface area (Å²) in [6.07, 6.45) is 1.78. The van der Waals surface area contributed by atoms with E-state index in [-0.39, 0.29) is 17.5 Å². The lowest BCUT2D eigenvalue weighted by atomic mass is 9.81. The van der Waals surface area contributed by atoms with Crippen LogP contribution in [0.25, 0.3) is 11.0 Å². The number of para-hydroxylation sites is 1. The van der Waals surface area contributed by atoms with Crippen LogP contribution >= 0.6 is 0 Å². The second-order valence-corrected chi connectivity index (χ2v) is 5.72. The monoisotopic (exact) mass is 281 g/mol. The van der Waals surface area contributed by atoms with Crippen LogP contribution in [0.5, 0.6) is 0 Å². The molecule has 0 saturated carbocycles. The predicted octanol–water partition coefficient (Wildman–Crippen LogP) is 3.36. The molecule has 2 aromatic heterocycles. The topological polar surface area (TPSA) is 70.9 Å². The molecular weight excluding hydrogens is 266 g/mol. The second-order valence-electron chi connectivity index (χ2n) is 5.72. The molecule has 0 aliphatic carbocycles. The minimum Gasteiger partial charge on any atom is -0.422 e. The third-order valence-corrected chi connectivity index (χ3v) is 4.08. The lowest BCUT2D eigenvalue weighted by Gasteiger charge is -2.28. The highest BCUT2D eigenvalue weighted by Gasteiger charge is 2.33. The van der Waals surface area contributed by atoms with Gasteiger partial charge in [0.2, 0.25) is 0 Å². The third kappa shape index (κ3) is 1.63. The van der Waals surface area contributed by atoms with Gasteiger partial charge in [0.25, 0.3) is 0 Å². The lowest BCUT2D eigenvalue weighted by Crippen LogP contribution is -2.24. The number of aromatic amines is 1. The van der Waals surface area contributed by atoms with Gasteiger partial charge in [-0.05, 0) is 18.1 Å². The van der Waals surface area contributed by atoms with Crippen LogP contribution in [0.2, 0.25) is 0 Å². The number of benzene rings is 1. The van der Waals surface area contributed by atoms with Crippen LogP contribution < -0.4 is 10.9 Å². The van der Waals surface area contributed by atoms with Gasteiger partial charge in [-0.1, -0.05) is 26.0 Å². The van der Waals surface area contributed by atoms with E-state index in [1.54, 1.807) is 6.20 Å². The maximum absolute atomic E-state index is 12.5. The van der Waals surface area contributed by atoms with Crippen molar-refractivity contribution in [3.63, 3.8) is 0 Å². The van der Waals surface area contributed by atoms with Crippen LogP contribution in [0.4, 0.5) is 11.5 Å². The first kappa shape index (κ1) is 12.2. The first-order valence-corrected chi connectivity index (χ1v) is 7.03. The summed E-state index contributed by atoms with van der Waals surface area (Å²) in [5.41, 5.74) is 2.86. The maximum Gasteiger partial charge on any atom is 0.342 e. The molecule has 3 aromatic rings. The normalized spacial score (nSPS) is 16.6. The van der Waals surface area contributed by atoms with Gasteiger partial charge in [0.05, 0.1) is 17.4 Å². The molecule has 0 fully saturated rings. The summed E-state index contributed by atoms with van der Waals surface area (Å²) in [4.78, 5) is 12.5. The van der Waals surface area contributed by atoms with Crippen LogP contribution in [0.15, 0.2) is 39.7 Å². The summed E-state index contributed by atoms with van der Waals surface area (Å²) >= 11 is 0. The van der Waals surface area contributed by atoms with Crippen LogP contribution in [0.3, 0.4) is 0 Å². The zero-order valence-electron chi connectivity index (χ0n) is 11.8. The zero-order valence-corrected chi connectivity index (χ0v) is 11.8. The Kier molecular flexibility index (Phi) is 2.45. The smallest absolute Gasteiger partial charge is 0.342 e. The Labute approximate surface area is 121 Å². The number of hydrogen-bond donors (Lipinski definition) is 2. The first-order chi connectivity index (χ1) is 10.2. The van der Waals surface area contributed by atoms with Crippen LogP contribution in [-0.2, 0) is 0 Å². The van der Waals surface area contributed by atoms with Gasteiger partial charge >= 0.3 is 5.63 Å². The van der Waals surface area contributed by atoms with E-state index in [0.717, 1.165) is 22.5 Å². The first-order valence-electron chi connectivity index (χ1n) is 7.03. The molecule has 2 N–H and O–H groups in total. The van der Waals surface area contributed by atoms with Gasteiger partial charge < -0.3 is 9.73 Å². The second kappa shape index (κ2) is 4.22. The molecule has 0 radical (unpaired) electrons. The van der Waals surface area contributed by atoms with E-state index in [4.69, 9.17) is 4.42 Å². The highest BCUT2D eigenvalue weighted by molar-refractivity contribution is 5.95. The predicted molar refractivity (Wildman–Crippen MR) is 81.0 cm³/mol. The Bertz CT molecular complexity index is 892. The number of rotatable bonds is 1.